The van der Waals surface area contributed by atoms with Crippen molar-refractivity contribution in [2.45, 2.75) is 0 Å². The fraction of sp³-hybridized carbons (Fsp3) is 0. The molecule has 0 aromatic heterocycles. The van der Waals surface area contributed by atoms with Crippen LogP contribution in [-0.4, -0.2) is 0 Å². The van der Waals surface area contributed by atoms with Gasteiger partial charge in [-0.2, -0.15) is 0 Å². The first kappa shape index (κ1) is 26.3. The summed E-state index contributed by atoms with van der Waals surface area (Å²) in [7, 11) is -3.46. The number of benzene rings is 7. The Kier molecular flexibility index (Phi) is 6.40. The minimum atomic E-state index is -3.46. The summed E-state index contributed by atoms with van der Waals surface area (Å²) in [4.78, 5) is 0. The molecule has 0 N–H and O–H groups in total. The minimum Gasteiger partial charge on any atom is -0.270 e. The van der Waals surface area contributed by atoms with Gasteiger partial charge in [-0.25, -0.2) is 0 Å². The van der Waals surface area contributed by atoms with Crippen LogP contribution in [0.15, 0.2) is 176 Å². The first-order valence-corrected chi connectivity index (χ1v) is 16.4. The van der Waals surface area contributed by atoms with E-state index in [9.17, 15) is 0 Å². The van der Waals surface area contributed by atoms with Crippen LogP contribution in [0.2, 0.25) is 0 Å². The van der Waals surface area contributed by atoms with Gasteiger partial charge >= 0.3 is 7.44 Å². The summed E-state index contributed by atoms with van der Waals surface area (Å²) in [5.74, 6) is 0. The van der Waals surface area contributed by atoms with Gasteiger partial charge < -0.3 is 0 Å². The third-order valence-corrected chi connectivity index (χ3v) is 11.3. The van der Waals surface area contributed by atoms with Crippen LogP contribution in [0.4, 0.5) is 22.7 Å². The van der Waals surface area contributed by atoms with Crippen molar-refractivity contribution in [3.8, 4) is 22.3 Å². The SMILES string of the molecule is O=P1(c2ccccc2)N(c2ccc(-c3ccccc3)cc2)c2cc3ccccc3cc2N1c1ccc(-c2ccccc2)cc1. The van der Waals surface area contributed by atoms with E-state index in [0.717, 1.165) is 61.1 Å². The van der Waals surface area contributed by atoms with E-state index in [0.29, 0.717) is 0 Å². The van der Waals surface area contributed by atoms with E-state index in [1.54, 1.807) is 0 Å². The van der Waals surface area contributed by atoms with Crippen LogP contribution in [0.3, 0.4) is 0 Å². The van der Waals surface area contributed by atoms with Gasteiger partial charge in [-0.05, 0) is 81.6 Å². The summed E-state index contributed by atoms with van der Waals surface area (Å²) in [6.45, 7) is 0. The van der Waals surface area contributed by atoms with Gasteiger partial charge in [0.15, 0.2) is 0 Å². The number of hydrogen-bond donors (Lipinski definition) is 0. The summed E-state index contributed by atoms with van der Waals surface area (Å²) >= 11 is 0. The Labute approximate surface area is 257 Å². The molecule has 4 heteroatoms. The lowest BCUT2D eigenvalue weighted by atomic mass is 10.0. The Morgan fingerprint density at radius 3 is 1.11 bits per heavy atom. The van der Waals surface area contributed by atoms with Gasteiger partial charge in [0.25, 0.3) is 0 Å². The Bertz CT molecular complexity index is 2000. The Morgan fingerprint density at radius 2 is 0.705 bits per heavy atom. The van der Waals surface area contributed by atoms with Crippen molar-refractivity contribution < 1.29 is 4.57 Å². The molecule has 1 aliphatic rings. The molecule has 1 heterocycles. The van der Waals surface area contributed by atoms with Crippen LogP contribution in [0.1, 0.15) is 0 Å². The smallest absolute Gasteiger partial charge is 0.270 e. The third kappa shape index (κ3) is 4.33. The van der Waals surface area contributed by atoms with Crippen LogP contribution in [0.25, 0.3) is 33.0 Å². The maximum absolute atomic E-state index is 16.1. The van der Waals surface area contributed by atoms with E-state index in [1.165, 1.54) is 0 Å². The minimum absolute atomic E-state index is 0.777. The number of fused-ring (bicyclic) bond motifs is 2. The summed E-state index contributed by atoms with van der Waals surface area (Å²) in [5, 5.41) is 3.00. The molecular weight excluding hydrogens is 555 g/mol. The second-order valence-corrected chi connectivity index (χ2v) is 13.4. The molecule has 0 radical (unpaired) electrons. The molecule has 0 bridgehead atoms. The quantitative estimate of drug-likeness (QED) is 0.188. The molecule has 3 nitrogen and oxygen atoms in total. The van der Waals surface area contributed by atoms with E-state index in [1.807, 2.05) is 42.5 Å². The van der Waals surface area contributed by atoms with Crippen molar-refractivity contribution >= 4 is 46.3 Å². The van der Waals surface area contributed by atoms with Crippen LogP contribution in [-0.2, 0) is 4.57 Å². The molecule has 0 aliphatic carbocycles. The predicted molar refractivity (Wildman–Crippen MR) is 186 cm³/mol. The van der Waals surface area contributed by atoms with E-state index in [2.05, 4.69) is 143 Å². The maximum Gasteiger partial charge on any atom is 0.301 e. The number of hydrogen-bond acceptors (Lipinski definition) is 1. The number of anilines is 4. The molecule has 0 spiro atoms. The molecule has 0 atom stereocenters. The molecule has 7 aromatic carbocycles. The topological polar surface area (TPSA) is 23.6 Å². The molecular formula is C40H29N2OP. The second-order valence-electron chi connectivity index (χ2n) is 11.0. The highest BCUT2D eigenvalue weighted by molar-refractivity contribution is 7.76. The highest BCUT2D eigenvalue weighted by Crippen LogP contribution is 2.70. The van der Waals surface area contributed by atoms with Gasteiger partial charge in [0.1, 0.15) is 0 Å². The monoisotopic (exact) mass is 584 g/mol. The normalized spacial score (nSPS) is 13.6. The molecule has 210 valence electrons. The fourth-order valence-electron chi connectivity index (χ4n) is 6.23. The lowest BCUT2D eigenvalue weighted by Crippen LogP contribution is -2.26. The molecule has 1 aliphatic heterocycles. The van der Waals surface area contributed by atoms with Gasteiger partial charge in [0.2, 0.25) is 0 Å². The summed E-state index contributed by atoms with van der Waals surface area (Å²) in [5.41, 5.74) is 8.17. The van der Waals surface area contributed by atoms with Crippen LogP contribution >= 0.6 is 7.44 Å². The van der Waals surface area contributed by atoms with Crippen LogP contribution in [0.5, 0.6) is 0 Å². The zero-order valence-electron chi connectivity index (χ0n) is 24.0. The zero-order chi connectivity index (χ0) is 29.5. The van der Waals surface area contributed by atoms with Gasteiger partial charge in [0.05, 0.1) is 16.7 Å². The van der Waals surface area contributed by atoms with E-state index in [4.69, 9.17) is 0 Å². The van der Waals surface area contributed by atoms with Crippen molar-refractivity contribution in [3.63, 3.8) is 0 Å². The molecule has 0 saturated carbocycles. The molecule has 7 aromatic rings. The van der Waals surface area contributed by atoms with Crippen molar-refractivity contribution in [3.05, 3.63) is 176 Å². The number of rotatable bonds is 5. The van der Waals surface area contributed by atoms with Crippen molar-refractivity contribution in [1.29, 1.82) is 0 Å². The first-order valence-electron chi connectivity index (χ1n) is 14.8. The average molecular weight is 585 g/mol. The largest absolute Gasteiger partial charge is 0.301 e. The van der Waals surface area contributed by atoms with E-state index in [-0.39, 0.29) is 0 Å². The molecule has 0 unspecified atom stereocenters. The highest BCUT2D eigenvalue weighted by atomic mass is 31.2. The highest BCUT2D eigenvalue weighted by Gasteiger charge is 2.49. The first-order chi connectivity index (χ1) is 21.7. The van der Waals surface area contributed by atoms with Crippen molar-refractivity contribution in [1.82, 2.24) is 0 Å². The third-order valence-electron chi connectivity index (χ3n) is 8.37. The summed E-state index contributed by atoms with van der Waals surface area (Å²) < 4.78 is 20.2. The van der Waals surface area contributed by atoms with Gasteiger partial charge in [-0.3, -0.25) is 13.9 Å². The zero-order valence-corrected chi connectivity index (χ0v) is 24.9. The lowest BCUT2D eigenvalue weighted by Gasteiger charge is -2.33. The standard InChI is InChI=1S/C40H29N2OP/c43-44(38-18-8-3-9-19-38)41(36-24-20-32(21-25-36)30-12-4-1-5-13-30)39-28-34-16-10-11-17-35(34)29-40(39)42(44)37-26-22-33(23-27-37)31-14-6-2-7-15-31/h1-29H. The predicted octanol–water partition coefficient (Wildman–Crippen LogP) is 11.0. The number of nitrogens with zero attached hydrogens (tertiary/aromatic N) is 2. The van der Waals surface area contributed by atoms with Crippen molar-refractivity contribution in [2.24, 2.45) is 0 Å². The lowest BCUT2D eigenvalue weighted by molar-refractivity contribution is 0.582. The Balaban J connectivity index is 1.35. The summed E-state index contributed by atoms with van der Waals surface area (Å²) in [6.07, 6.45) is 0. The van der Waals surface area contributed by atoms with Crippen molar-refractivity contribution in [2.75, 3.05) is 9.34 Å². The van der Waals surface area contributed by atoms with Gasteiger partial charge in [-0.1, -0.05) is 127 Å². The van der Waals surface area contributed by atoms with Gasteiger partial charge in [0, 0.05) is 11.4 Å². The van der Waals surface area contributed by atoms with E-state index >= 15 is 4.57 Å². The molecule has 0 fully saturated rings. The summed E-state index contributed by atoms with van der Waals surface area (Å²) in [6, 6.07) is 60.2. The van der Waals surface area contributed by atoms with E-state index < -0.39 is 7.44 Å². The molecule has 44 heavy (non-hydrogen) atoms. The average Bonchev–Trinajstić information content (AvgIpc) is 3.36. The molecule has 8 rings (SSSR count). The Morgan fingerprint density at radius 1 is 0.364 bits per heavy atom. The van der Waals surface area contributed by atoms with Crippen LogP contribution < -0.4 is 14.6 Å². The molecule has 0 amide bonds. The molecule has 0 saturated heterocycles. The second kappa shape index (κ2) is 10.7. The fourth-order valence-corrected chi connectivity index (χ4v) is 9.23. The van der Waals surface area contributed by atoms with Gasteiger partial charge in [-0.15, -0.1) is 0 Å². The van der Waals surface area contributed by atoms with Crippen LogP contribution in [0, 0.1) is 0 Å². The Hall–Kier alpha value is -5.37. The maximum atomic E-state index is 16.1.